The van der Waals surface area contributed by atoms with Gasteiger partial charge in [0.2, 0.25) is 0 Å². The largest absolute Gasteiger partial charge is 0.316 e. The van der Waals surface area contributed by atoms with Crippen LogP contribution in [0.15, 0.2) is 24.3 Å². The van der Waals surface area contributed by atoms with E-state index in [1.165, 1.54) is 30.6 Å². The molecule has 0 bridgehead atoms. The van der Waals surface area contributed by atoms with Gasteiger partial charge in [-0.15, -0.1) is 0 Å². The zero-order valence-electron chi connectivity index (χ0n) is 11.2. The second-order valence-corrected chi connectivity index (χ2v) is 5.41. The maximum absolute atomic E-state index is 3.36. The Labute approximate surface area is 105 Å². The summed E-state index contributed by atoms with van der Waals surface area (Å²) in [5.74, 6) is 0.629. The first-order valence-corrected chi connectivity index (χ1v) is 6.67. The third kappa shape index (κ3) is 3.30. The van der Waals surface area contributed by atoms with Gasteiger partial charge in [-0.25, -0.2) is 0 Å². The fraction of sp³-hybridized carbons (Fsp3) is 0.600. The number of likely N-dealkylation sites (tertiary alicyclic amines) is 1. The van der Waals surface area contributed by atoms with Gasteiger partial charge >= 0.3 is 0 Å². The van der Waals surface area contributed by atoms with Gasteiger partial charge in [-0.05, 0) is 30.5 Å². The second-order valence-electron chi connectivity index (χ2n) is 5.41. The van der Waals surface area contributed by atoms with Crippen molar-refractivity contribution in [2.24, 2.45) is 0 Å². The topological polar surface area (TPSA) is 15.3 Å². The summed E-state index contributed by atoms with van der Waals surface area (Å²) < 4.78 is 0. The Bertz CT molecular complexity index is 342. The summed E-state index contributed by atoms with van der Waals surface area (Å²) in [4.78, 5) is 2.53. The SMILES string of the molecule is CNC1CCN(Cc2ccc(C(C)C)cc2)C1. The molecule has 1 fully saturated rings. The summed E-state index contributed by atoms with van der Waals surface area (Å²) in [5, 5.41) is 3.36. The quantitative estimate of drug-likeness (QED) is 0.858. The molecule has 1 aromatic rings. The Morgan fingerprint density at radius 2 is 2.00 bits per heavy atom. The van der Waals surface area contributed by atoms with Crippen molar-refractivity contribution in [1.29, 1.82) is 0 Å². The Morgan fingerprint density at radius 3 is 2.53 bits per heavy atom. The normalized spacial score (nSPS) is 21.3. The Balaban J connectivity index is 1.91. The number of hydrogen-bond acceptors (Lipinski definition) is 2. The van der Waals surface area contributed by atoms with Crippen LogP contribution in [-0.2, 0) is 6.54 Å². The summed E-state index contributed by atoms with van der Waals surface area (Å²) in [7, 11) is 2.06. The number of nitrogens with one attached hydrogen (secondary N) is 1. The van der Waals surface area contributed by atoms with Crippen molar-refractivity contribution in [2.75, 3.05) is 20.1 Å². The van der Waals surface area contributed by atoms with Gasteiger partial charge in [0, 0.05) is 25.7 Å². The van der Waals surface area contributed by atoms with Crippen molar-refractivity contribution >= 4 is 0 Å². The van der Waals surface area contributed by atoms with Crippen molar-refractivity contribution in [2.45, 2.75) is 38.8 Å². The smallest absolute Gasteiger partial charge is 0.0234 e. The molecule has 0 spiro atoms. The zero-order chi connectivity index (χ0) is 12.3. The van der Waals surface area contributed by atoms with Crippen LogP contribution in [0, 0.1) is 0 Å². The number of nitrogens with zero attached hydrogens (tertiary/aromatic N) is 1. The standard InChI is InChI=1S/C15H24N2/c1-12(2)14-6-4-13(5-7-14)10-17-9-8-15(11-17)16-3/h4-7,12,15-16H,8-11H2,1-3H3. The van der Waals surface area contributed by atoms with Gasteiger partial charge in [0.15, 0.2) is 0 Å². The predicted octanol–water partition coefficient (Wildman–Crippen LogP) is 2.60. The molecule has 1 heterocycles. The minimum atomic E-state index is 0.629. The van der Waals surface area contributed by atoms with Crippen molar-refractivity contribution in [3.05, 3.63) is 35.4 Å². The van der Waals surface area contributed by atoms with E-state index in [0.29, 0.717) is 12.0 Å². The van der Waals surface area contributed by atoms with E-state index in [0.717, 1.165) is 6.54 Å². The summed E-state index contributed by atoms with van der Waals surface area (Å²) in [6.07, 6.45) is 1.28. The van der Waals surface area contributed by atoms with E-state index in [1.807, 2.05) is 0 Å². The minimum Gasteiger partial charge on any atom is -0.316 e. The van der Waals surface area contributed by atoms with Crippen molar-refractivity contribution in [3.63, 3.8) is 0 Å². The number of likely N-dealkylation sites (N-methyl/N-ethyl adjacent to an activating group) is 1. The molecular formula is C15H24N2. The van der Waals surface area contributed by atoms with Gasteiger partial charge in [-0.2, -0.15) is 0 Å². The Kier molecular flexibility index (Phi) is 4.19. The average Bonchev–Trinajstić information content (AvgIpc) is 2.77. The molecule has 1 aliphatic rings. The van der Waals surface area contributed by atoms with Crippen LogP contribution in [-0.4, -0.2) is 31.1 Å². The van der Waals surface area contributed by atoms with Crippen molar-refractivity contribution in [3.8, 4) is 0 Å². The second kappa shape index (κ2) is 5.65. The summed E-state index contributed by atoms with van der Waals surface area (Å²) in [5.41, 5.74) is 2.87. The van der Waals surface area contributed by atoms with Gasteiger partial charge in [-0.1, -0.05) is 38.1 Å². The van der Waals surface area contributed by atoms with Gasteiger partial charge in [0.1, 0.15) is 0 Å². The highest BCUT2D eigenvalue weighted by atomic mass is 15.2. The lowest BCUT2D eigenvalue weighted by molar-refractivity contribution is 0.322. The van der Waals surface area contributed by atoms with E-state index in [-0.39, 0.29) is 0 Å². The lowest BCUT2D eigenvalue weighted by Gasteiger charge is -2.16. The molecule has 0 radical (unpaired) electrons. The van der Waals surface area contributed by atoms with Crippen LogP contribution in [0.2, 0.25) is 0 Å². The maximum atomic E-state index is 3.36. The van der Waals surface area contributed by atoms with Crippen molar-refractivity contribution in [1.82, 2.24) is 10.2 Å². The highest BCUT2D eigenvalue weighted by molar-refractivity contribution is 5.24. The molecule has 0 aromatic heterocycles. The molecule has 17 heavy (non-hydrogen) atoms. The number of hydrogen-bond donors (Lipinski definition) is 1. The molecule has 2 rings (SSSR count). The number of benzene rings is 1. The Hall–Kier alpha value is -0.860. The van der Waals surface area contributed by atoms with E-state index in [9.17, 15) is 0 Å². The first-order valence-electron chi connectivity index (χ1n) is 6.67. The predicted molar refractivity (Wildman–Crippen MR) is 73.3 cm³/mol. The highest BCUT2D eigenvalue weighted by Gasteiger charge is 2.20. The van der Waals surface area contributed by atoms with Crippen LogP contribution in [0.5, 0.6) is 0 Å². The summed E-state index contributed by atoms with van der Waals surface area (Å²) >= 11 is 0. The molecule has 1 aromatic carbocycles. The first kappa shape index (κ1) is 12.6. The van der Waals surface area contributed by atoms with Gasteiger partial charge in [0.05, 0.1) is 0 Å². The van der Waals surface area contributed by atoms with E-state index in [1.54, 1.807) is 0 Å². The van der Waals surface area contributed by atoms with Gasteiger partial charge in [0.25, 0.3) is 0 Å². The highest BCUT2D eigenvalue weighted by Crippen LogP contribution is 2.17. The molecular weight excluding hydrogens is 208 g/mol. The number of rotatable bonds is 4. The lowest BCUT2D eigenvalue weighted by Crippen LogP contribution is -2.29. The van der Waals surface area contributed by atoms with Crippen molar-refractivity contribution < 1.29 is 0 Å². The van der Waals surface area contributed by atoms with Gasteiger partial charge < -0.3 is 5.32 Å². The minimum absolute atomic E-state index is 0.629. The van der Waals surface area contributed by atoms with E-state index >= 15 is 0 Å². The molecule has 1 aliphatic heterocycles. The molecule has 0 saturated carbocycles. The monoisotopic (exact) mass is 232 g/mol. The fourth-order valence-electron chi connectivity index (χ4n) is 2.48. The molecule has 2 heteroatoms. The van der Waals surface area contributed by atoms with Crippen LogP contribution >= 0.6 is 0 Å². The van der Waals surface area contributed by atoms with Crippen LogP contribution in [0.1, 0.15) is 37.3 Å². The zero-order valence-corrected chi connectivity index (χ0v) is 11.2. The van der Waals surface area contributed by atoms with E-state index < -0.39 is 0 Å². The molecule has 2 nitrogen and oxygen atoms in total. The third-order valence-corrected chi connectivity index (χ3v) is 3.73. The van der Waals surface area contributed by atoms with E-state index in [2.05, 4.69) is 55.4 Å². The van der Waals surface area contributed by atoms with Crippen LogP contribution < -0.4 is 5.32 Å². The van der Waals surface area contributed by atoms with Crippen LogP contribution in [0.3, 0.4) is 0 Å². The lowest BCUT2D eigenvalue weighted by atomic mass is 10.0. The van der Waals surface area contributed by atoms with E-state index in [4.69, 9.17) is 0 Å². The molecule has 1 saturated heterocycles. The first-order chi connectivity index (χ1) is 8.19. The van der Waals surface area contributed by atoms with Gasteiger partial charge in [-0.3, -0.25) is 4.90 Å². The van der Waals surface area contributed by atoms with Crippen LogP contribution in [0.25, 0.3) is 0 Å². The molecule has 1 unspecified atom stereocenters. The summed E-state index contributed by atoms with van der Waals surface area (Å²) in [6, 6.07) is 9.78. The van der Waals surface area contributed by atoms with Crippen LogP contribution in [0.4, 0.5) is 0 Å². The molecule has 1 N–H and O–H groups in total. The third-order valence-electron chi connectivity index (χ3n) is 3.73. The average molecular weight is 232 g/mol. The molecule has 0 aliphatic carbocycles. The Morgan fingerprint density at radius 1 is 1.29 bits per heavy atom. The molecule has 1 atom stereocenters. The molecule has 94 valence electrons. The summed E-state index contributed by atoms with van der Waals surface area (Å²) in [6.45, 7) is 7.98. The maximum Gasteiger partial charge on any atom is 0.0234 e. The molecule has 0 amide bonds. The fourth-order valence-corrected chi connectivity index (χ4v) is 2.48.